The Morgan fingerprint density at radius 1 is 0.947 bits per heavy atom. The van der Waals surface area contributed by atoms with E-state index in [9.17, 15) is 18.0 Å². The number of piperidine rings is 2. The topological polar surface area (TPSA) is 96.0 Å². The number of sulfonamides is 1. The van der Waals surface area contributed by atoms with E-state index in [-0.39, 0.29) is 35.4 Å². The van der Waals surface area contributed by atoms with Gasteiger partial charge < -0.3 is 15.0 Å². The van der Waals surface area contributed by atoms with Crippen molar-refractivity contribution in [1.82, 2.24) is 14.5 Å². The van der Waals surface area contributed by atoms with Crippen LogP contribution in [0.3, 0.4) is 0 Å². The Hall–Kier alpha value is -2.91. The summed E-state index contributed by atoms with van der Waals surface area (Å²) in [4.78, 5) is 27.7. The molecule has 2 fully saturated rings. The van der Waals surface area contributed by atoms with Crippen LogP contribution in [0.5, 0.6) is 0 Å². The Balaban J connectivity index is 1.42. The second-order valence-electron chi connectivity index (χ2n) is 11.3. The molecule has 0 aliphatic carbocycles. The highest BCUT2D eigenvalue weighted by Crippen LogP contribution is 2.37. The quantitative estimate of drug-likeness (QED) is 0.577. The minimum Gasteiger partial charge on any atom is -0.444 e. The molecule has 1 N–H and O–H groups in total. The molecule has 3 atom stereocenters. The molecule has 8 nitrogen and oxygen atoms in total. The molecule has 2 saturated heterocycles. The Kier molecular flexibility index (Phi) is 8.78. The number of carbonyl (C=O) groups is 2. The molecule has 0 spiro atoms. The summed E-state index contributed by atoms with van der Waals surface area (Å²) in [5, 5.41) is 3.06. The second-order valence-corrected chi connectivity index (χ2v) is 13.2. The fourth-order valence-corrected chi connectivity index (χ4v) is 6.98. The van der Waals surface area contributed by atoms with Crippen LogP contribution in [0.2, 0.25) is 0 Å². The first-order valence-corrected chi connectivity index (χ1v) is 14.9. The second kappa shape index (κ2) is 11.9. The van der Waals surface area contributed by atoms with Crippen LogP contribution >= 0.6 is 0 Å². The first-order chi connectivity index (χ1) is 18.0. The minimum atomic E-state index is -3.80. The zero-order chi connectivity index (χ0) is 27.3. The van der Waals surface area contributed by atoms with Crippen molar-refractivity contribution >= 4 is 22.0 Å². The molecule has 9 heteroatoms. The molecule has 2 amide bonds. The highest BCUT2D eigenvalue weighted by atomic mass is 32.2. The first kappa shape index (κ1) is 28.1. The predicted octanol–water partition coefficient (Wildman–Crippen LogP) is 4.59. The van der Waals surface area contributed by atoms with E-state index in [2.05, 4.69) is 5.32 Å². The molecule has 0 unspecified atom stereocenters. The Labute approximate surface area is 226 Å². The van der Waals surface area contributed by atoms with Gasteiger partial charge in [0.1, 0.15) is 5.60 Å². The summed E-state index contributed by atoms with van der Waals surface area (Å²) in [6.45, 7) is 7.29. The monoisotopic (exact) mass is 541 g/mol. The van der Waals surface area contributed by atoms with Crippen molar-refractivity contribution in [1.29, 1.82) is 0 Å². The van der Waals surface area contributed by atoms with Gasteiger partial charge in [-0.15, -0.1) is 0 Å². The molecule has 2 heterocycles. The number of ether oxygens (including phenoxy) is 1. The molecule has 2 aliphatic rings. The van der Waals surface area contributed by atoms with Crippen LogP contribution in [0.4, 0.5) is 4.79 Å². The van der Waals surface area contributed by atoms with Gasteiger partial charge in [-0.2, -0.15) is 4.31 Å². The number of hydrogen-bond donors (Lipinski definition) is 1. The molecule has 4 rings (SSSR count). The lowest BCUT2D eigenvalue weighted by Crippen LogP contribution is -2.49. The van der Waals surface area contributed by atoms with Crippen LogP contribution in [0, 0.1) is 11.8 Å². The molecule has 2 aromatic carbocycles. The van der Waals surface area contributed by atoms with Crippen LogP contribution in [-0.2, 0) is 19.6 Å². The third kappa shape index (κ3) is 6.94. The SMILES string of the molecule is CC(C)(C)OC(=O)N1CCC[C@H](CNC(=O)[C@@H]2CC[C@H](c3ccccc3)N(S(=O)(=O)c3ccccc3)C2)C1. The number of benzene rings is 2. The van der Waals surface area contributed by atoms with Gasteiger partial charge in [0.2, 0.25) is 15.9 Å². The number of carbonyl (C=O) groups excluding carboxylic acids is 2. The fourth-order valence-electron chi connectivity index (χ4n) is 5.27. The number of hydrogen-bond acceptors (Lipinski definition) is 5. The maximum atomic E-state index is 13.7. The highest BCUT2D eigenvalue weighted by molar-refractivity contribution is 7.89. The van der Waals surface area contributed by atoms with Crippen LogP contribution in [-0.4, -0.2) is 61.4 Å². The van der Waals surface area contributed by atoms with Gasteiger partial charge >= 0.3 is 6.09 Å². The Morgan fingerprint density at radius 3 is 2.26 bits per heavy atom. The maximum Gasteiger partial charge on any atom is 0.410 e. The van der Waals surface area contributed by atoms with Crippen LogP contribution in [0.1, 0.15) is 58.1 Å². The smallest absolute Gasteiger partial charge is 0.410 e. The number of amides is 2. The van der Waals surface area contributed by atoms with Crippen LogP contribution in [0.15, 0.2) is 65.6 Å². The summed E-state index contributed by atoms with van der Waals surface area (Å²) < 4.78 is 34.4. The summed E-state index contributed by atoms with van der Waals surface area (Å²) in [5.74, 6) is -0.455. The van der Waals surface area contributed by atoms with Crippen molar-refractivity contribution in [2.24, 2.45) is 11.8 Å². The lowest BCUT2D eigenvalue weighted by molar-refractivity contribution is -0.126. The van der Waals surface area contributed by atoms with E-state index in [0.717, 1.165) is 18.4 Å². The zero-order valence-electron chi connectivity index (χ0n) is 22.5. The van der Waals surface area contributed by atoms with E-state index in [1.165, 1.54) is 4.31 Å². The van der Waals surface area contributed by atoms with Gasteiger partial charge in [-0.3, -0.25) is 4.79 Å². The molecule has 38 heavy (non-hydrogen) atoms. The van der Waals surface area contributed by atoms with Crippen molar-refractivity contribution in [3.63, 3.8) is 0 Å². The third-order valence-electron chi connectivity index (χ3n) is 7.18. The van der Waals surface area contributed by atoms with Gasteiger partial charge in [0, 0.05) is 26.2 Å². The van der Waals surface area contributed by atoms with Gasteiger partial charge in [0.15, 0.2) is 0 Å². The van der Waals surface area contributed by atoms with Gasteiger partial charge in [0.25, 0.3) is 0 Å². The van der Waals surface area contributed by atoms with Gasteiger partial charge in [0.05, 0.1) is 16.9 Å². The van der Waals surface area contributed by atoms with Crippen LogP contribution in [0.25, 0.3) is 0 Å². The number of likely N-dealkylation sites (tertiary alicyclic amines) is 1. The fraction of sp³-hybridized carbons (Fsp3) is 0.517. The van der Waals surface area contributed by atoms with E-state index in [4.69, 9.17) is 4.74 Å². The average Bonchev–Trinajstić information content (AvgIpc) is 2.91. The molecule has 0 radical (unpaired) electrons. The van der Waals surface area contributed by atoms with Crippen molar-refractivity contribution < 1.29 is 22.7 Å². The Morgan fingerprint density at radius 2 is 1.61 bits per heavy atom. The minimum absolute atomic E-state index is 0.122. The predicted molar refractivity (Wildman–Crippen MR) is 146 cm³/mol. The summed E-state index contributed by atoms with van der Waals surface area (Å²) >= 11 is 0. The van der Waals surface area contributed by atoms with E-state index in [1.54, 1.807) is 35.2 Å². The molecule has 2 aliphatic heterocycles. The standard InChI is InChI=1S/C29H39N3O5S/c1-29(2,3)37-28(34)31-18-10-11-22(20-31)19-30-27(33)24-16-17-26(23-12-6-4-7-13-23)32(21-24)38(35,36)25-14-8-5-9-15-25/h4-9,12-15,22,24,26H,10-11,16-21H2,1-3H3,(H,30,33)/t22-,24-,26-/m1/s1. The molecule has 2 aromatic rings. The molecule has 0 bridgehead atoms. The summed E-state index contributed by atoms with van der Waals surface area (Å²) in [6.07, 6.45) is 2.60. The first-order valence-electron chi connectivity index (χ1n) is 13.4. The van der Waals surface area contributed by atoms with Crippen LogP contribution < -0.4 is 5.32 Å². The van der Waals surface area contributed by atoms with Gasteiger partial charge in [-0.05, 0) is 70.1 Å². The van der Waals surface area contributed by atoms with E-state index in [1.807, 2.05) is 51.1 Å². The lowest BCUT2D eigenvalue weighted by atomic mass is 9.90. The van der Waals surface area contributed by atoms with E-state index < -0.39 is 21.5 Å². The van der Waals surface area contributed by atoms with Crippen molar-refractivity contribution in [3.8, 4) is 0 Å². The van der Waals surface area contributed by atoms with E-state index in [0.29, 0.717) is 32.5 Å². The van der Waals surface area contributed by atoms with Crippen molar-refractivity contribution in [2.75, 3.05) is 26.2 Å². The maximum absolute atomic E-state index is 13.7. The third-order valence-corrected chi connectivity index (χ3v) is 9.07. The molecule has 206 valence electrons. The lowest BCUT2D eigenvalue weighted by Gasteiger charge is -2.39. The summed E-state index contributed by atoms with van der Waals surface area (Å²) in [7, 11) is -3.80. The van der Waals surface area contributed by atoms with Crippen molar-refractivity contribution in [2.45, 2.75) is 63.0 Å². The highest BCUT2D eigenvalue weighted by Gasteiger charge is 2.40. The van der Waals surface area contributed by atoms with Crippen molar-refractivity contribution in [3.05, 3.63) is 66.2 Å². The molecular formula is C29H39N3O5S. The Bertz CT molecular complexity index is 1200. The number of nitrogens with zero attached hydrogens (tertiary/aromatic N) is 2. The van der Waals surface area contributed by atoms with Gasteiger partial charge in [-0.25, -0.2) is 13.2 Å². The van der Waals surface area contributed by atoms with E-state index >= 15 is 0 Å². The zero-order valence-corrected chi connectivity index (χ0v) is 23.3. The molecule has 0 saturated carbocycles. The van der Waals surface area contributed by atoms with Gasteiger partial charge in [-0.1, -0.05) is 48.5 Å². The normalized spacial score (nSPS) is 23.0. The molecular weight excluding hydrogens is 502 g/mol. The summed E-state index contributed by atoms with van der Waals surface area (Å²) in [5.41, 5.74) is 0.373. The average molecular weight is 542 g/mol. The number of rotatable bonds is 6. The largest absolute Gasteiger partial charge is 0.444 e. The molecule has 0 aromatic heterocycles. The summed E-state index contributed by atoms with van der Waals surface area (Å²) in [6, 6.07) is 17.7. The number of nitrogens with one attached hydrogen (secondary N) is 1.